The van der Waals surface area contributed by atoms with Crippen molar-refractivity contribution in [3.63, 3.8) is 0 Å². The van der Waals surface area contributed by atoms with Crippen molar-refractivity contribution in [2.24, 2.45) is 0 Å². The molecule has 0 saturated heterocycles. The molecule has 0 radical (unpaired) electrons. The van der Waals surface area contributed by atoms with Crippen LogP contribution < -0.4 is 5.32 Å². The highest BCUT2D eigenvalue weighted by Crippen LogP contribution is 1.98. The number of nitrogens with one attached hydrogen (secondary N) is 2. The zero-order chi connectivity index (χ0) is 9.68. The van der Waals surface area contributed by atoms with E-state index in [-0.39, 0.29) is 5.91 Å². The summed E-state index contributed by atoms with van der Waals surface area (Å²) in [5.41, 5.74) is 0.638. The van der Waals surface area contributed by atoms with Gasteiger partial charge in [-0.1, -0.05) is 0 Å². The first kappa shape index (κ1) is 9.80. The van der Waals surface area contributed by atoms with Gasteiger partial charge in [0.1, 0.15) is 5.69 Å². The molecule has 0 aliphatic heterocycles. The van der Waals surface area contributed by atoms with E-state index >= 15 is 0 Å². The van der Waals surface area contributed by atoms with Crippen LogP contribution in [0.25, 0.3) is 0 Å². The van der Waals surface area contributed by atoms with Gasteiger partial charge < -0.3 is 15.2 Å². The van der Waals surface area contributed by atoms with E-state index in [1.54, 1.807) is 24.2 Å². The zero-order valence-corrected chi connectivity index (χ0v) is 8.00. The fraction of sp³-hybridized carbons (Fsp3) is 0.444. The van der Waals surface area contributed by atoms with Gasteiger partial charge in [-0.25, -0.2) is 0 Å². The summed E-state index contributed by atoms with van der Waals surface area (Å²) in [6.07, 6.45) is 1.75. The Morgan fingerprint density at radius 3 is 3.00 bits per heavy atom. The molecule has 1 amide bonds. The first-order valence-corrected chi connectivity index (χ1v) is 4.29. The van der Waals surface area contributed by atoms with E-state index in [0.717, 1.165) is 6.54 Å². The number of rotatable bonds is 4. The molecule has 0 aliphatic rings. The first-order valence-electron chi connectivity index (χ1n) is 4.29. The van der Waals surface area contributed by atoms with Crippen molar-refractivity contribution in [2.75, 3.05) is 27.2 Å². The lowest BCUT2D eigenvalue weighted by molar-refractivity contribution is 0.0792. The maximum Gasteiger partial charge on any atom is 0.270 e. The standard InChI is InChI=1S/C9H15N3O/c1-10-6-7-12(2)9(13)8-4-3-5-11-8/h3-5,10-11H,6-7H2,1-2H3. The van der Waals surface area contributed by atoms with Crippen LogP contribution in [-0.2, 0) is 0 Å². The van der Waals surface area contributed by atoms with E-state index in [1.165, 1.54) is 0 Å². The maximum atomic E-state index is 11.6. The minimum atomic E-state index is 0.0280. The van der Waals surface area contributed by atoms with Crippen molar-refractivity contribution in [1.82, 2.24) is 15.2 Å². The van der Waals surface area contributed by atoms with Crippen LogP contribution in [0.15, 0.2) is 18.3 Å². The average Bonchev–Trinajstić information content (AvgIpc) is 2.65. The Bertz CT molecular complexity index is 256. The van der Waals surface area contributed by atoms with Gasteiger partial charge in [0.2, 0.25) is 0 Å². The third-order valence-electron chi connectivity index (χ3n) is 1.87. The lowest BCUT2D eigenvalue weighted by Gasteiger charge is -2.15. The van der Waals surface area contributed by atoms with E-state index in [1.807, 2.05) is 13.1 Å². The minimum Gasteiger partial charge on any atom is -0.357 e. The summed E-state index contributed by atoms with van der Waals surface area (Å²) in [6.45, 7) is 1.53. The van der Waals surface area contributed by atoms with E-state index < -0.39 is 0 Å². The van der Waals surface area contributed by atoms with Crippen molar-refractivity contribution in [2.45, 2.75) is 0 Å². The molecule has 0 saturated carbocycles. The van der Waals surface area contributed by atoms with Gasteiger partial charge in [-0.05, 0) is 19.2 Å². The summed E-state index contributed by atoms with van der Waals surface area (Å²) < 4.78 is 0. The van der Waals surface area contributed by atoms with Gasteiger partial charge in [-0.3, -0.25) is 4.79 Å². The average molecular weight is 181 g/mol. The molecule has 0 atom stereocenters. The van der Waals surface area contributed by atoms with E-state index in [2.05, 4.69) is 10.3 Å². The van der Waals surface area contributed by atoms with Crippen molar-refractivity contribution >= 4 is 5.91 Å². The lowest BCUT2D eigenvalue weighted by Crippen LogP contribution is -2.32. The van der Waals surface area contributed by atoms with Gasteiger partial charge in [0.25, 0.3) is 5.91 Å². The Hall–Kier alpha value is -1.29. The fourth-order valence-corrected chi connectivity index (χ4v) is 1.05. The van der Waals surface area contributed by atoms with Crippen LogP contribution in [0.4, 0.5) is 0 Å². The Morgan fingerprint density at radius 2 is 2.46 bits per heavy atom. The molecule has 0 spiro atoms. The molecule has 2 N–H and O–H groups in total. The Kier molecular flexibility index (Phi) is 3.52. The number of H-pyrrole nitrogens is 1. The molecule has 0 aromatic carbocycles. The summed E-state index contributed by atoms with van der Waals surface area (Å²) in [7, 11) is 3.66. The number of aromatic nitrogens is 1. The van der Waals surface area contributed by atoms with Crippen LogP contribution in [0.5, 0.6) is 0 Å². The molecule has 0 aliphatic carbocycles. The number of carbonyl (C=O) groups is 1. The lowest BCUT2D eigenvalue weighted by atomic mass is 10.4. The summed E-state index contributed by atoms with van der Waals surface area (Å²) in [5, 5.41) is 2.99. The summed E-state index contributed by atoms with van der Waals surface area (Å²) in [5.74, 6) is 0.0280. The normalized spacial score (nSPS) is 10.0. The number of nitrogens with zero attached hydrogens (tertiary/aromatic N) is 1. The van der Waals surface area contributed by atoms with Gasteiger partial charge in [0.05, 0.1) is 0 Å². The van der Waals surface area contributed by atoms with Gasteiger partial charge in [-0.2, -0.15) is 0 Å². The molecular formula is C9H15N3O. The van der Waals surface area contributed by atoms with Gasteiger partial charge in [0.15, 0.2) is 0 Å². The SMILES string of the molecule is CNCCN(C)C(=O)c1ccc[nH]1. The smallest absolute Gasteiger partial charge is 0.270 e. The quantitative estimate of drug-likeness (QED) is 0.702. The predicted octanol–water partition coefficient (Wildman–Crippen LogP) is 0.306. The molecule has 0 unspecified atom stereocenters. The monoisotopic (exact) mass is 181 g/mol. The van der Waals surface area contributed by atoms with Crippen LogP contribution in [0, 0.1) is 0 Å². The van der Waals surface area contributed by atoms with E-state index in [4.69, 9.17) is 0 Å². The van der Waals surface area contributed by atoms with Crippen LogP contribution in [0.3, 0.4) is 0 Å². The Morgan fingerprint density at radius 1 is 1.69 bits per heavy atom. The molecule has 13 heavy (non-hydrogen) atoms. The first-order chi connectivity index (χ1) is 6.25. The molecule has 0 bridgehead atoms. The molecule has 4 heteroatoms. The summed E-state index contributed by atoms with van der Waals surface area (Å²) in [4.78, 5) is 16.1. The van der Waals surface area contributed by atoms with Crippen molar-refractivity contribution in [3.8, 4) is 0 Å². The molecule has 1 aromatic rings. The van der Waals surface area contributed by atoms with Crippen LogP contribution in [-0.4, -0.2) is 43.0 Å². The molecular weight excluding hydrogens is 166 g/mol. The van der Waals surface area contributed by atoms with Gasteiger partial charge in [0, 0.05) is 26.3 Å². The minimum absolute atomic E-state index is 0.0280. The van der Waals surface area contributed by atoms with E-state index in [9.17, 15) is 4.79 Å². The highest BCUT2D eigenvalue weighted by Gasteiger charge is 2.10. The Balaban J connectivity index is 2.48. The Labute approximate surface area is 77.9 Å². The van der Waals surface area contributed by atoms with Crippen molar-refractivity contribution in [3.05, 3.63) is 24.0 Å². The summed E-state index contributed by atoms with van der Waals surface area (Å²) >= 11 is 0. The second kappa shape index (κ2) is 4.67. The molecule has 72 valence electrons. The molecule has 1 heterocycles. The molecule has 0 fully saturated rings. The largest absolute Gasteiger partial charge is 0.357 e. The van der Waals surface area contributed by atoms with Crippen LogP contribution in [0.1, 0.15) is 10.5 Å². The second-order valence-electron chi connectivity index (χ2n) is 2.91. The second-order valence-corrected chi connectivity index (χ2v) is 2.91. The summed E-state index contributed by atoms with van der Waals surface area (Å²) in [6, 6.07) is 3.59. The van der Waals surface area contributed by atoms with Crippen LogP contribution >= 0.6 is 0 Å². The van der Waals surface area contributed by atoms with Gasteiger partial charge in [-0.15, -0.1) is 0 Å². The highest BCUT2D eigenvalue weighted by molar-refractivity contribution is 5.92. The molecule has 1 aromatic heterocycles. The fourth-order valence-electron chi connectivity index (χ4n) is 1.05. The van der Waals surface area contributed by atoms with Crippen molar-refractivity contribution in [1.29, 1.82) is 0 Å². The van der Waals surface area contributed by atoms with E-state index in [0.29, 0.717) is 12.2 Å². The zero-order valence-electron chi connectivity index (χ0n) is 8.00. The van der Waals surface area contributed by atoms with Crippen molar-refractivity contribution < 1.29 is 4.79 Å². The molecule has 4 nitrogen and oxygen atoms in total. The number of likely N-dealkylation sites (N-methyl/N-ethyl adjacent to an activating group) is 2. The maximum absolute atomic E-state index is 11.6. The van der Waals surface area contributed by atoms with Gasteiger partial charge >= 0.3 is 0 Å². The number of aromatic amines is 1. The molecule has 1 rings (SSSR count). The number of hydrogen-bond donors (Lipinski definition) is 2. The topological polar surface area (TPSA) is 48.1 Å². The number of hydrogen-bond acceptors (Lipinski definition) is 2. The third-order valence-corrected chi connectivity index (χ3v) is 1.87. The predicted molar refractivity (Wildman–Crippen MR) is 51.7 cm³/mol. The highest BCUT2D eigenvalue weighted by atomic mass is 16.2. The number of carbonyl (C=O) groups excluding carboxylic acids is 1. The number of amides is 1. The third kappa shape index (κ3) is 2.59. The van der Waals surface area contributed by atoms with Crippen LogP contribution in [0.2, 0.25) is 0 Å².